The van der Waals surface area contributed by atoms with Crippen LogP contribution in [0.3, 0.4) is 0 Å². The van der Waals surface area contributed by atoms with E-state index >= 15 is 0 Å². The van der Waals surface area contributed by atoms with Gasteiger partial charge in [-0.05, 0) is 56.4 Å². The number of nitrogens with two attached hydrogens (primary N) is 1. The van der Waals surface area contributed by atoms with Crippen molar-refractivity contribution in [3.8, 4) is 0 Å². The number of amides is 1. The molecule has 1 aromatic rings. The van der Waals surface area contributed by atoms with Gasteiger partial charge >= 0.3 is 0 Å². The fourth-order valence-corrected chi connectivity index (χ4v) is 3.01. The number of hydrogen-bond acceptors (Lipinski definition) is 3. The van der Waals surface area contributed by atoms with Crippen LogP contribution in [-0.4, -0.2) is 14.3 Å². The summed E-state index contributed by atoms with van der Waals surface area (Å²) in [5.74, 6) is -0.138. The Morgan fingerprint density at radius 2 is 2.00 bits per heavy atom. The normalized spacial score (nSPS) is 18.5. The third-order valence-electron chi connectivity index (χ3n) is 3.87. The maximum atomic E-state index is 12.3. The molecule has 1 aromatic carbocycles. The number of hydrogen-bond donors (Lipinski definition) is 2. The lowest BCUT2D eigenvalue weighted by atomic mass is 9.93. The van der Waals surface area contributed by atoms with Crippen LogP contribution in [0.25, 0.3) is 0 Å². The minimum Gasteiger partial charge on any atom is -0.326 e. The Labute approximate surface area is 125 Å². The predicted octanol–water partition coefficient (Wildman–Crippen LogP) is 2.25. The molecule has 0 aromatic heterocycles. The highest BCUT2D eigenvalue weighted by Gasteiger charge is 2.20. The Hall–Kier alpha value is -1.66. The fraction of sp³-hybridized carbons (Fsp3) is 0.400. The highest BCUT2D eigenvalue weighted by molar-refractivity contribution is 7.89. The number of anilines is 1. The monoisotopic (exact) mass is 308 g/mol. The molecule has 2 rings (SSSR count). The molecule has 3 N–H and O–H groups in total. The Bertz CT molecular complexity index is 693. The van der Waals surface area contributed by atoms with E-state index in [4.69, 9.17) is 5.14 Å². The van der Waals surface area contributed by atoms with Crippen molar-refractivity contribution in [1.82, 2.24) is 0 Å². The van der Waals surface area contributed by atoms with E-state index < -0.39 is 10.0 Å². The van der Waals surface area contributed by atoms with Crippen LogP contribution in [-0.2, 0) is 14.8 Å². The van der Waals surface area contributed by atoms with E-state index in [1.807, 2.05) is 13.0 Å². The Balaban J connectivity index is 2.29. The van der Waals surface area contributed by atoms with Crippen molar-refractivity contribution in [3.05, 3.63) is 35.4 Å². The van der Waals surface area contributed by atoms with Crippen LogP contribution in [0.2, 0.25) is 0 Å². The molecule has 0 spiro atoms. The number of aryl methyl sites for hydroxylation is 1. The number of benzene rings is 1. The van der Waals surface area contributed by atoms with Gasteiger partial charge in [-0.1, -0.05) is 12.2 Å². The first-order valence-corrected chi connectivity index (χ1v) is 8.43. The highest BCUT2D eigenvalue weighted by Crippen LogP contribution is 2.26. The van der Waals surface area contributed by atoms with Crippen molar-refractivity contribution in [2.45, 2.75) is 38.0 Å². The zero-order chi connectivity index (χ0) is 15.6. The van der Waals surface area contributed by atoms with Crippen LogP contribution in [0.4, 0.5) is 5.69 Å². The molecule has 0 radical (unpaired) electrons. The fourth-order valence-electron chi connectivity index (χ4n) is 2.39. The third kappa shape index (κ3) is 3.71. The predicted molar refractivity (Wildman–Crippen MR) is 82.4 cm³/mol. The van der Waals surface area contributed by atoms with Crippen LogP contribution in [0.15, 0.2) is 29.2 Å². The topological polar surface area (TPSA) is 89.3 Å². The van der Waals surface area contributed by atoms with Gasteiger partial charge in [0.15, 0.2) is 0 Å². The first kappa shape index (κ1) is 15.7. The lowest BCUT2D eigenvalue weighted by Crippen LogP contribution is -2.24. The second-order valence-corrected chi connectivity index (χ2v) is 6.99. The maximum absolute atomic E-state index is 12.3. The maximum Gasteiger partial charge on any atom is 0.238 e. The molecule has 0 unspecified atom stereocenters. The molecule has 1 amide bonds. The molecule has 6 heteroatoms. The smallest absolute Gasteiger partial charge is 0.238 e. The molecule has 21 heavy (non-hydrogen) atoms. The molecule has 5 nitrogen and oxygen atoms in total. The summed E-state index contributed by atoms with van der Waals surface area (Å²) in [6, 6.07) is 2.94. The Kier molecular flexibility index (Phi) is 4.49. The Morgan fingerprint density at radius 3 is 2.57 bits per heavy atom. The van der Waals surface area contributed by atoms with Crippen LogP contribution < -0.4 is 10.5 Å². The molecule has 114 valence electrons. The SMILES string of the molecule is Cc1cc(S(N)(=O)=O)cc(NC(=O)[C@@H]2CC=CCC2)c1C. The second-order valence-electron chi connectivity index (χ2n) is 5.43. The molecular formula is C15H20N2O3S. The summed E-state index contributed by atoms with van der Waals surface area (Å²) in [7, 11) is -3.79. The summed E-state index contributed by atoms with van der Waals surface area (Å²) in [6.07, 6.45) is 6.51. The van der Waals surface area contributed by atoms with Crippen molar-refractivity contribution in [3.63, 3.8) is 0 Å². The average molecular weight is 308 g/mol. The number of allylic oxidation sites excluding steroid dienone is 2. The van der Waals surface area contributed by atoms with E-state index in [9.17, 15) is 13.2 Å². The van der Waals surface area contributed by atoms with E-state index in [0.717, 1.165) is 30.4 Å². The van der Waals surface area contributed by atoms with Crippen LogP contribution >= 0.6 is 0 Å². The molecule has 1 aliphatic carbocycles. The van der Waals surface area contributed by atoms with E-state index in [1.54, 1.807) is 6.92 Å². The molecule has 1 aliphatic rings. The van der Waals surface area contributed by atoms with Crippen molar-refractivity contribution < 1.29 is 13.2 Å². The lowest BCUT2D eigenvalue weighted by Gasteiger charge is -2.19. The highest BCUT2D eigenvalue weighted by atomic mass is 32.2. The average Bonchev–Trinajstić information content (AvgIpc) is 2.43. The van der Waals surface area contributed by atoms with E-state index in [1.165, 1.54) is 12.1 Å². The van der Waals surface area contributed by atoms with Gasteiger partial charge in [0.2, 0.25) is 15.9 Å². The Morgan fingerprint density at radius 1 is 1.29 bits per heavy atom. The first-order valence-electron chi connectivity index (χ1n) is 6.89. The van der Waals surface area contributed by atoms with E-state index in [2.05, 4.69) is 11.4 Å². The second kappa shape index (κ2) is 5.99. The summed E-state index contributed by atoms with van der Waals surface area (Å²) < 4.78 is 23.0. The summed E-state index contributed by atoms with van der Waals surface area (Å²) in [6.45, 7) is 3.64. The van der Waals surface area contributed by atoms with Crippen LogP contribution in [0.5, 0.6) is 0 Å². The van der Waals surface area contributed by atoms with Crippen LogP contribution in [0, 0.1) is 19.8 Å². The zero-order valence-electron chi connectivity index (χ0n) is 12.2. The minimum atomic E-state index is -3.79. The molecule has 0 fully saturated rings. The minimum absolute atomic E-state index is 0.0180. The summed E-state index contributed by atoms with van der Waals surface area (Å²) in [5.41, 5.74) is 2.14. The van der Waals surface area contributed by atoms with Crippen molar-refractivity contribution in [2.75, 3.05) is 5.32 Å². The van der Waals surface area contributed by atoms with Gasteiger partial charge in [-0.25, -0.2) is 13.6 Å². The van der Waals surface area contributed by atoms with Gasteiger partial charge in [0.1, 0.15) is 0 Å². The standard InChI is InChI=1S/C15H20N2O3S/c1-10-8-13(21(16,19)20)9-14(11(10)2)17-15(18)12-6-4-3-5-7-12/h3-4,8-9,12H,5-7H2,1-2H3,(H,17,18)(H2,16,19,20)/t12-/m1/s1. The number of primary sulfonamides is 1. The molecule has 0 saturated heterocycles. The summed E-state index contributed by atoms with van der Waals surface area (Å²) >= 11 is 0. The molecular weight excluding hydrogens is 288 g/mol. The van der Waals surface area contributed by atoms with Crippen LogP contribution in [0.1, 0.15) is 30.4 Å². The molecule has 0 aliphatic heterocycles. The van der Waals surface area contributed by atoms with Gasteiger partial charge in [-0.2, -0.15) is 0 Å². The van der Waals surface area contributed by atoms with Gasteiger partial charge in [0, 0.05) is 11.6 Å². The largest absolute Gasteiger partial charge is 0.326 e. The van der Waals surface area contributed by atoms with Gasteiger partial charge in [0.25, 0.3) is 0 Å². The molecule has 0 saturated carbocycles. The molecule has 0 bridgehead atoms. The van der Waals surface area contributed by atoms with Gasteiger partial charge in [-0.15, -0.1) is 0 Å². The number of carbonyl (C=O) groups excluding carboxylic acids is 1. The number of nitrogens with one attached hydrogen (secondary N) is 1. The molecule has 1 atom stereocenters. The first-order chi connectivity index (χ1) is 9.79. The van der Waals surface area contributed by atoms with E-state index in [-0.39, 0.29) is 16.7 Å². The zero-order valence-corrected chi connectivity index (χ0v) is 13.0. The van der Waals surface area contributed by atoms with Crippen molar-refractivity contribution >= 4 is 21.6 Å². The van der Waals surface area contributed by atoms with Gasteiger partial charge < -0.3 is 5.32 Å². The molecule has 0 heterocycles. The number of carbonyl (C=O) groups is 1. The lowest BCUT2D eigenvalue weighted by molar-refractivity contribution is -0.120. The van der Waals surface area contributed by atoms with Crippen molar-refractivity contribution in [2.24, 2.45) is 11.1 Å². The van der Waals surface area contributed by atoms with E-state index in [0.29, 0.717) is 5.69 Å². The third-order valence-corrected chi connectivity index (χ3v) is 4.76. The quantitative estimate of drug-likeness (QED) is 0.839. The number of rotatable bonds is 3. The summed E-state index contributed by atoms with van der Waals surface area (Å²) in [4.78, 5) is 12.3. The van der Waals surface area contributed by atoms with Gasteiger partial charge in [0.05, 0.1) is 4.90 Å². The van der Waals surface area contributed by atoms with Gasteiger partial charge in [-0.3, -0.25) is 4.79 Å². The van der Waals surface area contributed by atoms with Crippen molar-refractivity contribution in [1.29, 1.82) is 0 Å². The number of sulfonamides is 1. The summed E-state index contributed by atoms with van der Waals surface area (Å²) in [5, 5.41) is 8.01.